The molecule has 0 spiro atoms. The fourth-order valence-corrected chi connectivity index (χ4v) is 10.1. The van der Waals surface area contributed by atoms with Crippen molar-refractivity contribution in [2.24, 2.45) is 17.8 Å². The molecule has 15 nitrogen and oxygen atoms in total. The van der Waals surface area contributed by atoms with Crippen molar-refractivity contribution in [1.29, 1.82) is 0 Å². The van der Waals surface area contributed by atoms with E-state index in [2.05, 4.69) is 32.2 Å². The molecule has 4 aliphatic heterocycles. The molecule has 1 aromatic heterocycles. The molecule has 1 aliphatic carbocycles. The Kier molecular flexibility index (Phi) is 12.3. The Hall–Kier alpha value is -5.62. The maximum absolute atomic E-state index is 14.2. The number of imidazole rings is 1. The Morgan fingerprint density at radius 3 is 2.34 bits per heavy atom. The molecule has 3 aromatic carbocycles. The number of aromatic amines is 1. The van der Waals surface area contributed by atoms with Gasteiger partial charge in [0.2, 0.25) is 11.8 Å². The highest BCUT2D eigenvalue weighted by Gasteiger charge is 2.43. The van der Waals surface area contributed by atoms with Crippen LogP contribution < -0.4 is 15.4 Å². The molecule has 4 saturated heterocycles. The number of anilines is 1. The SMILES string of the molecule is COC(=O)N[C@@H](C(=O)N1C[C@@H](C)C[C@H]1c1nc2c(ccc3cc(-c4ccc(NC(=O)N5CCN(C6CCN(C(=O)C7CC7)CC6)CC5)cc4OC(F)(F)F)ccc32)[nH]1)C1CCOCC1. The van der Waals surface area contributed by atoms with Gasteiger partial charge in [0.05, 0.1) is 24.2 Å². The lowest BCUT2D eigenvalue weighted by Gasteiger charge is -2.42. The predicted octanol–water partition coefficient (Wildman–Crippen LogP) is 6.89. The van der Waals surface area contributed by atoms with Crippen molar-refractivity contribution >= 4 is 51.4 Å². The van der Waals surface area contributed by atoms with Crippen LogP contribution in [0.2, 0.25) is 0 Å². The van der Waals surface area contributed by atoms with Crippen LogP contribution in [-0.2, 0) is 19.1 Å². The lowest BCUT2D eigenvalue weighted by molar-refractivity contribution is -0.274. The van der Waals surface area contributed by atoms with Crippen LogP contribution >= 0.6 is 0 Å². The number of carbonyl (C=O) groups excluding carboxylic acids is 4. The number of H-pyrrole nitrogens is 1. The monoisotopic (exact) mass is 888 g/mol. The molecule has 5 fully saturated rings. The number of alkyl carbamates (subject to hydrolysis) is 1. The normalized spacial score (nSPS) is 22.2. The molecule has 64 heavy (non-hydrogen) atoms. The number of piperazine rings is 1. The number of hydrogen-bond donors (Lipinski definition) is 3. The number of amides is 5. The van der Waals surface area contributed by atoms with E-state index in [1.165, 1.54) is 19.2 Å². The number of halogens is 3. The Balaban J connectivity index is 0.895. The molecule has 0 unspecified atom stereocenters. The Bertz CT molecular complexity index is 2390. The maximum atomic E-state index is 14.2. The molecule has 5 heterocycles. The van der Waals surface area contributed by atoms with Crippen molar-refractivity contribution in [3.8, 4) is 16.9 Å². The number of alkyl halides is 3. The number of likely N-dealkylation sites (tertiary alicyclic amines) is 2. The fraction of sp³-hybridized carbons (Fsp3) is 0.543. The molecule has 5 amide bonds. The Labute approximate surface area is 368 Å². The van der Waals surface area contributed by atoms with Crippen molar-refractivity contribution < 1.29 is 46.6 Å². The van der Waals surface area contributed by atoms with Gasteiger partial charge in [-0.1, -0.05) is 25.1 Å². The summed E-state index contributed by atoms with van der Waals surface area (Å²) in [4.78, 5) is 68.8. The molecule has 5 aliphatic rings. The molecule has 3 N–H and O–H groups in total. The third-order valence-electron chi connectivity index (χ3n) is 13.6. The van der Waals surface area contributed by atoms with Crippen molar-refractivity contribution in [3.05, 3.63) is 54.4 Å². The van der Waals surface area contributed by atoms with Gasteiger partial charge in [0.25, 0.3) is 0 Å². The molecule has 342 valence electrons. The summed E-state index contributed by atoms with van der Waals surface area (Å²) in [7, 11) is 1.27. The Morgan fingerprint density at radius 1 is 0.891 bits per heavy atom. The minimum Gasteiger partial charge on any atom is -0.453 e. The van der Waals surface area contributed by atoms with E-state index in [0.717, 1.165) is 55.1 Å². The number of nitrogens with one attached hydrogen (secondary N) is 3. The second-order valence-corrected chi connectivity index (χ2v) is 18.0. The van der Waals surface area contributed by atoms with Gasteiger partial charge in [-0.25, -0.2) is 14.6 Å². The van der Waals surface area contributed by atoms with Crippen LogP contribution in [0.4, 0.5) is 28.4 Å². The van der Waals surface area contributed by atoms with Gasteiger partial charge >= 0.3 is 18.5 Å². The van der Waals surface area contributed by atoms with Gasteiger partial charge in [-0.2, -0.15) is 0 Å². The summed E-state index contributed by atoms with van der Waals surface area (Å²) in [5, 5.41) is 7.05. The highest BCUT2D eigenvalue weighted by molar-refractivity contribution is 6.05. The summed E-state index contributed by atoms with van der Waals surface area (Å²) in [5.74, 6) is 0.512. The van der Waals surface area contributed by atoms with E-state index in [9.17, 15) is 32.3 Å². The topological polar surface area (TPSA) is 162 Å². The van der Waals surface area contributed by atoms with E-state index in [4.69, 9.17) is 14.5 Å². The lowest BCUT2D eigenvalue weighted by atomic mass is 9.90. The summed E-state index contributed by atoms with van der Waals surface area (Å²) in [5.41, 5.74) is 2.21. The number of aromatic nitrogens is 2. The molecule has 3 atom stereocenters. The number of nitrogens with zero attached hydrogens (tertiary/aromatic N) is 5. The first-order valence-corrected chi connectivity index (χ1v) is 22.5. The maximum Gasteiger partial charge on any atom is 0.573 e. The zero-order chi connectivity index (χ0) is 44.7. The number of methoxy groups -OCH3 is 1. The van der Waals surface area contributed by atoms with Crippen molar-refractivity contribution in [3.63, 3.8) is 0 Å². The molecule has 0 radical (unpaired) electrons. The van der Waals surface area contributed by atoms with Crippen LogP contribution in [0.15, 0.2) is 48.5 Å². The first-order valence-electron chi connectivity index (χ1n) is 22.5. The number of ether oxygens (including phenoxy) is 3. The zero-order valence-electron chi connectivity index (χ0n) is 36.1. The van der Waals surface area contributed by atoms with Gasteiger partial charge in [-0.3, -0.25) is 14.5 Å². The summed E-state index contributed by atoms with van der Waals surface area (Å²) in [6.45, 7) is 7.38. The average molecular weight is 889 g/mol. The quantitative estimate of drug-likeness (QED) is 0.163. The largest absolute Gasteiger partial charge is 0.573 e. The molecule has 9 rings (SSSR count). The molecular formula is C46H55F3N8O7. The van der Waals surface area contributed by atoms with E-state index >= 15 is 0 Å². The average Bonchev–Trinajstić information content (AvgIpc) is 3.94. The molecular weight excluding hydrogens is 834 g/mol. The third-order valence-corrected chi connectivity index (χ3v) is 13.6. The molecule has 1 saturated carbocycles. The van der Waals surface area contributed by atoms with E-state index in [1.54, 1.807) is 28.0 Å². The van der Waals surface area contributed by atoms with Gasteiger partial charge in [0.1, 0.15) is 17.6 Å². The molecule has 18 heteroatoms. The summed E-state index contributed by atoms with van der Waals surface area (Å²) >= 11 is 0. The molecule has 0 bridgehead atoms. The minimum atomic E-state index is -4.99. The Morgan fingerprint density at radius 2 is 1.64 bits per heavy atom. The second-order valence-electron chi connectivity index (χ2n) is 18.0. The number of hydrogen-bond acceptors (Lipinski definition) is 9. The highest BCUT2D eigenvalue weighted by atomic mass is 19.4. The standard InChI is InChI=1S/C46H55F3N8O7/c1-27-23-37(57(26-27)43(59)39(53-45(61)62-2)28-13-21-63-22-14-28)41-51-36-10-6-31-24-30(5-8-35(31)40(36)52-41)34-9-7-32(25-38(34)64-46(47,48)49)50-44(60)56-19-17-54(18-20-56)33-11-15-55(16-12-33)42(58)29-3-4-29/h5-10,24-25,27-29,33,37,39H,3-4,11-23,26H2,1-2H3,(H,50,60)(H,51,52)(H,53,61)/t27-,37-,39+/m0/s1. The number of fused-ring (bicyclic) bond motifs is 3. The van der Waals surface area contributed by atoms with E-state index in [-0.39, 0.29) is 46.9 Å². The summed E-state index contributed by atoms with van der Waals surface area (Å²) in [6, 6.07) is 12.1. The fourth-order valence-electron chi connectivity index (χ4n) is 10.1. The lowest BCUT2D eigenvalue weighted by Crippen LogP contribution is -2.55. The van der Waals surface area contributed by atoms with Crippen LogP contribution in [0, 0.1) is 17.8 Å². The first-order chi connectivity index (χ1) is 30.8. The van der Waals surface area contributed by atoms with Crippen LogP contribution in [0.5, 0.6) is 5.75 Å². The minimum absolute atomic E-state index is 0.111. The molecule has 4 aromatic rings. The van der Waals surface area contributed by atoms with E-state index in [1.807, 2.05) is 23.1 Å². The van der Waals surface area contributed by atoms with Crippen LogP contribution in [-0.4, -0.2) is 138 Å². The number of urea groups is 1. The third kappa shape index (κ3) is 9.43. The number of carbonyl (C=O) groups is 4. The van der Waals surface area contributed by atoms with Gasteiger partial charge in [0, 0.05) is 93.7 Å². The van der Waals surface area contributed by atoms with Gasteiger partial charge in [0.15, 0.2) is 0 Å². The summed E-state index contributed by atoms with van der Waals surface area (Å²) < 4.78 is 56.6. The summed E-state index contributed by atoms with van der Waals surface area (Å²) in [6.07, 6.45) is 0.0649. The van der Waals surface area contributed by atoms with Gasteiger partial charge < -0.3 is 44.5 Å². The highest BCUT2D eigenvalue weighted by Crippen LogP contribution is 2.40. The zero-order valence-corrected chi connectivity index (χ0v) is 36.1. The van der Waals surface area contributed by atoms with Crippen molar-refractivity contribution in [1.82, 2.24) is 34.9 Å². The smallest absolute Gasteiger partial charge is 0.453 e. The second kappa shape index (κ2) is 18.1. The number of piperidine rings is 1. The number of benzene rings is 3. The van der Waals surface area contributed by atoms with Gasteiger partial charge in [-0.15, -0.1) is 13.2 Å². The van der Waals surface area contributed by atoms with Crippen LogP contribution in [0.3, 0.4) is 0 Å². The van der Waals surface area contributed by atoms with Crippen LogP contribution in [0.25, 0.3) is 32.9 Å². The van der Waals surface area contributed by atoms with Crippen molar-refractivity contribution in [2.75, 3.05) is 71.5 Å². The van der Waals surface area contributed by atoms with E-state index in [0.29, 0.717) is 88.1 Å². The van der Waals surface area contributed by atoms with Gasteiger partial charge in [-0.05, 0) is 92.0 Å². The van der Waals surface area contributed by atoms with Crippen molar-refractivity contribution in [2.45, 2.75) is 76.4 Å². The number of rotatable bonds is 9. The van der Waals surface area contributed by atoms with Crippen LogP contribution in [0.1, 0.15) is 63.7 Å². The predicted molar refractivity (Wildman–Crippen MR) is 231 cm³/mol. The first kappa shape index (κ1) is 43.6. The van der Waals surface area contributed by atoms with E-state index < -0.39 is 30.3 Å².